The molecule has 0 heterocycles. The van der Waals surface area contributed by atoms with E-state index in [0.29, 0.717) is 36.0 Å². The van der Waals surface area contributed by atoms with Gasteiger partial charge in [0.05, 0.1) is 5.60 Å². The Bertz CT molecular complexity index is 618. The zero-order valence-corrected chi connectivity index (χ0v) is 16.0. The van der Waals surface area contributed by atoms with Crippen LogP contribution >= 0.6 is 0 Å². The van der Waals surface area contributed by atoms with E-state index in [1.54, 1.807) is 6.08 Å². The van der Waals surface area contributed by atoms with Crippen LogP contribution in [0, 0.1) is 29.1 Å². The highest BCUT2D eigenvalue weighted by Crippen LogP contribution is 2.65. The highest BCUT2D eigenvalue weighted by atomic mass is 16.3. The van der Waals surface area contributed by atoms with E-state index in [0.717, 1.165) is 24.3 Å². The van der Waals surface area contributed by atoms with Gasteiger partial charge < -0.3 is 5.11 Å². The third kappa shape index (κ3) is 2.51. The average molecular weight is 343 g/mol. The summed E-state index contributed by atoms with van der Waals surface area (Å²) in [5.41, 5.74) is 2.23. The molecule has 0 bridgehead atoms. The van der Waals surface area contributed by atoms with Crippen LogP contribution in [0.2, 0.25) is 0 Å². The maximum atomic E-state index is 11.8. The fourth-order valence-electron chi connectivity index (χ4n) is 7.35. The van der Waals surface area contributed by atoms with Crippen molar-refractivity contribution < 1.29 is 9.90 Å². The molecule has 0 radical (unpaired) electrons. The largest absolute Gasteiger partial charge is 0.385 e. The summed E-state index contributed by atoms with van der Waals surface area (Å²) in [7, 11) is 0. The summed E-state index contributed by atoms with van der Waals surface area (Å²) in [6.07, 6.45) is 12.4. The minimum absolute atomic E-state index is 0.218. The predicted molar refractivity (Wildman–Crippen MR) is 101 cm³/mol. The number of ketones is 1. The maximum absolute atomic E-state index is 11.8. The molecule has 3 fully saturated rings. The van der Waals surface area contributed by atoms with Crippen molar-refractivity contribution in [3.63, 3.8) is 0 Å². The second-order valence-electron chi connectivity index (χ2n) is 9.56. The lowest BCUT2D eigenvalue weighted by Gasteiger charge is -2.57. The molecular formula is C23H34O2. The van der Waals surface area contributed by atoms with Crippen LogP contribution in [0.25, 0.3) is 0 Å². The van der Waals surface area contributed by atoms with Gasteiger partial charge in [-0.25, -0.2) is 0 Å². The Morgan fingerprint density at radius 1 is 1.20 bits per heavy atom. The summed E-state index contributed by atoms with van der Waals surface area (Å²) in [5.74, 6) is 2.63. The summed E-state index contributed by atoms with van der Waals surface area (Å²) >= 11 is 0. The molecule has 0 spiro atoms. The third-order valence-corrected chi connectivity index (χ3v) is 8.51. The van der Waals surface area contributed by atoms with Crippen LogP contribution in [0.3, 0.4) is 0 Å². The van der Waals surface area contributed by atoms with Crippen molar-refractivity contribution >= 4 is 5.78 Å². The number of allylic oxidation sites excluding steroid dienone is 1. The molecule has 1 N–H and O–H groups in total. The molecule has 25 heavy (non-hydrogen) atoms. The van der Waals surface area contributed by atoms with Gasteiger partial charge in [-0.05, 0) is 92.1 Å². The Morgan fingerprint density at radius 3 is 2.76 bits per heavy atom. The fraction of sp³-hybridized carbons (Fsp3) is 0.783. The van der Waals surface area contributed by atoms with Crippen molar-refractivity contribution in [3.05, 3.63) is 23.8 Å². The van der Waals surface area contributed by atoms with E-state index in [2.05, 4.69) is 20.4 Å². The van der Waals surface area contributed by atoms with Gasteiger partial charge >= 0.3 is 0 Å². The zero-order valence-electron chi connectivity index (χ0n) is 16.0. The lowest BCUT2D eigenvalue weighted by molar-refractivity contribution is -0.126. The Balaban J connectivity index is 1.61. The molecule has 2 heteroatoms. The number of aliphatic hydroxyl groups is 1. The average Bonchev–Trinajstić information content (AvgIpc) is 2.93. The molecule has 0 aliphatic heterocycles. The molecule has 6 atom stereocenters. The van der Waals surface area contributed by atoms with E-state index >= 15 is 0 Å². The SMILES string of the molecule is C=C(CCC)[C@H]1CCC2C3CCC4=CC(=O)CC[C@]4(O)C3CC[C@@]21C. The Labute approximate surface area is 152 Å². The van der Waals surface area contributed by atoms with Gasteiger partial charge in [0.15, 0.2) is 5.78 Å². The summed E-state index contributed by atoms with van der Waals surface area (Å²) in [6, 6.07) is 0. The van der Waals surface area contributed by atoms with Crippen LogP contribution in [-0.4, -0.2) is 16.5 Å². The van der Waals surface area contributed by atoms with Crippen LogP contribution in [0.1, 0.15) is 78.1 Å². The monoisotopic (exact) mass is 342 g/mol. The predicted octanol–water partition coefficient (Wildman–Crippen LogP) is 5.22. The minimum Gasteiger partial charge on any atom is -0.385 e. The van der Waals surface area contributed by atoms with Crippen molar-refractivity contribution in [3.8, 4) is 0 Å². The molecule has 2 nitrogen and oxygen atoms in total. The van der Waals surface area contributed by atoms with E-state index in [1.165, 1.54) is 44.1 Å². The fourth-order valence-corrected chi connectivity index (χ4v) is 7.35. The van der Waals surface area contributed by atoms with Crippen LogP contribution in [0.5, 0.6) is 0 Å². The van der Waals surface area contributed by atoms with Gasteiger partial charge in [-0.1, -0.05) is 32.4 Å². The first-order valence-corrected chi connectivity index (χ1v) is 10.5. The summed E-state index contributed by atoms with van der Waals surface area (Å²) < 4.78 is 0. The van der Waals surface area contributed by atoms with Gasteiger partial charge in [0.2, 0.25) is 0 Å². The van der Waals surface area contributed by atoms with Gasteiger partial charge in [-0.2, -0.15) is 0 Å². The number of fused-ring (bicyclic) bond motifs is 5. The van der Waals surface area contributed by atoms with Crippen LogP contribution in [-0.2, 0) is 4.79 Å². The molecule has 0 saturated heterocycles. The van der Waals surface area contributed by atoms with Gasteiger partial charge in [-0.3, -0.25) is 4.79 Å². The first-order chi connectivity index (χ1) is 11.9. The van der Waals surface area contributed by atoms with Gasteiger partial charge in [-0.15, -0.1) is 0 Å². The molecule has 0 amide bonds. The standard InChI is InChI=1S/C23H34O2/c1-4-5-15(2)19-8-9-20-18-7-6-16-14-17(24)10-13-23(16,25)21(18)11-12-22(19,20)3/h14,18-21,25H,2,4-13H2,1,3H3/t18?,19-,20?,21?,22-,23-/m1/s1. The highest BCUT2D eigenvalue weighted by Gasteiger charge is 2.59. The van der Waals surface area contributed by atoms with Crippen molar-refractivity contribution in [1.82, 2.24) is 0 Å². The van der Waals surface area contributed by atoms with E-state index in [4.69, 9.17) is 0 Å². The molecule has 3 unspecified atom stereocenters. The quantitative estimate of drug-likeness (QED) is 0.714. The van der Waals surface area contributed by atoms with Crippen molar-refractivity contribution in [2.24, 2.45) is 29.1 Å². The number of carbonyl (C=O) groups excluding carboxylic acids is 1. The molecule has 4 aliphatic carbocycles. The number of hydrogen-bond acceptors (Lipinski definition) is 2. The topological polar surface area (TPSA) is 37.3 Å². The summed E-state index contributed by atoms with van der Waals surface area (Å²) in [6.45, 7) is 9.23. The molecule has 138 valence electrons. The van der Waals surface area contributed by atoms with Crippen LogP contribution in [0.15, 0.2) is 23.8 Å². The van der Waals surface area contributed by atoms with Gasteiger partial charge in [0.25, 0.3) is 0 Å². The summed E-state index contributed by atoms with van der Waals surface area (Å²) in [5, 5.41) is 11.5. The lowest BCUT2D eigenvalue weighted by Crippen LogP contribution is -2.55. The molecule has 3 saturated carbocycles. The lowest BCUT2D eigenvalue weighted by atomic mass is 9.49. The van der Waals surface area contributed by atoms with Crippen molar-refractivity contribution in [1.29, 1.82) is 0 Å². The van der Waals surface area contributed by atoms with Crippen LogP contribution in [0.4, 0.5) is 0 Å². The maximum Gasteiger partial charge on any atom is 0.155 e. The Morgan fingerprint density at radius 2 is 2.00 bits per heavy atom. The minimum atomic E-state index is -0.684. The second-order valence-corrected chi connectivity index (χ2v) is 9.56. The van der Waals surface area contributed by atoms with Gasteiger partial charge in [0, 0.05) is 6.42 Å². The Hall–Kier alpha value is -0.890. The third-order valence-electron chi connectivity index (χ3n) is 8.51. The van der Waals surface area contributed by atoms with E-state index in [-0.39, 0.29) is 5.78 Å². The number of carbonyl (C=O) groups is 1. The highest BCUT2D eigenvalue weighted by molar-refractivity contribution is 5.92. The number of rotatable bonds is 3. The number of hydrogen-bond donors (Lipinski definition) is 1. The Kier molecular flexibility index (Phi) is 4.26. The molecule has 4 aliphatic rings. The molecular weight excluding hydrogens is 308 g/mol. The smallest absolute Gasteiger partial charge is 0.155 e. The zero-order chi connectivity index (χ0) is 17.8. The molecule has 0 aromatic carbocycles. The molecule has 4 rings (SSSR count). The van der Waals surface area contributed by atoms with E-state index in [9.17, 15) is 9.90 Å². The van der Waals surface area contributed by atoms with E-state index in [1.807, 2.05) is 0 Å². The first-order valence-electron chi connectivity index (χ1n) is 10.5. The normalized spacial score (nSPS) is 46.0. The van der Waals surface area contributed by atoms with Gasteiger partial charge in [0.1, 0.15) is 0 Å². The summed E-state index contributed by atoms with van der Waals surface area (Å²) in [4.78, 5) is 11.8. The van der Waals surface area contributed by atoms with Crippen molar-refractivity contribution in [2.75, 3.05) is 0 Å². The second kappa shape index (κ2) is 6.08. The molecule has 0 aromatic rings. The first kappa shape index (κ1) is 17.5. The van der Waals surface area contributed by atoms with E-state index < -0.39 is 5.60 Å². The van der Waals surface area contributed by atoms with Crippen LogP contribution < -0.4 is 0 Å². The van der Waals surface area contributed by atoms with Crippen molar-refractivity contribution in [2.45, 2.75) is 83.7 Å². The molecule has 0 aromatic heterocycles.